The van der Waals surface area contributed by atoms with Crippen LogP contribution in [0, 0.1) is 5.92 Å². The fraction of sp³-hybridized carbons (Fsp3) is 0.429. The number of carboxylic acid groups (broad SMARTS) is 1. The Morgan fingerprint density at radius 3 is 2.79 bits per heavy atom. The Labute approximate surface area is 111 Å². The molecule has 1 aromatic rings. The van der Waals surface area contributed by atoms with Crippen molar-refractivity contribution < 1.29 is 19.4 Å². The molecule has 1 aromatic carbocycles. The van der Waals surface area contributed by atoms with E-state index in [1.807, 2.05) is 13.0 Å². The molecular weight excluding hydrogens is 246 g/mol. The van der Waals surface area contributed by atoms with Crippen molar-refractivity contribution in [1.29, 1.82) is 0 Å². The highest BCUT2D eigenvalue weighted by Gasteiger charge is 2.32. The van der Waals surface area contributed by atoms with Gasteiger partial charge in [-0.1, -0.05) is 12.1 Å². The van der Waals surface area contributed by atoms with Crippen molar-refractivity contribution >= 4 is 11.9 Å². The molecule has 1 heterocycles. The number of hydrogen-bond donors (Lipinski definition) is 1. The predicted molar refractivity (Wildman–Crippen MR) is 69.3 cm³/mol. The molecule has 0 saturated carbocycles. The molecule has 1 aliphatic heterocycles. The molecule has 2 rings (SSSR count). The topological polar surface area (TPSA) is 66.8 Å². The van der Waals surface area contributed by atoms with Crippen LogP contribution in [0.4, 0.5) is 0 Å². The van der Waals surface area contributed by atoms with Crippen LogP contribution in [-0.2, 0) is 4.79 Å². The van der Waals surface area contributed by atoms with Crippen LogP contribution in [0.3, 0.4) is 0 Å². The van der Waals surface area contributed by atoms with Crippen molar-refractivity contribution in [2.24, 2.45) is 5.92 Å². The van der Waals surface area contributed by atoms with Gasteiger partial charge in [-0.3, -0.25) is 9.59 Å². The second-order valence-corrected chi connectivity index (χ2v) is 4.50. The molecule has 1 atom stereocenters. The molecule has 5 nitrogen and oxygen atoms in total. The standard InChI is InChI=1S/C14H17NO4/c1-2-19-12-6-4-3-5-11(12)13(16)15-8-7-10(9-15)14(17)18/h3-6,10H,2,7-9H2,1H3,(H,17,18). The minimum atomic E-state index is -0.839. The summed E-state index contributed by atoms with van der Waals surface area (Å²) in [5.74, 6) is -0.904. The first-order valence-electron chi connectivity index (χ1n) is 6.37. The summed E-state index contributed by atoms with van der Waals surface area (Å²) in [6.07, 6.45) is 0.512. The van der Waals surface area contributed by atoms with E-state index in [1.165, 1.54) is 0 Å². The van der Waals surface area contributed by atoms with Gasteiger partial charge in [-0.15, -0.1) is 0 Å². The van der Waals surface area contributed by atoms with Crippen molar-refractivity contribution in [1.82, 2.24) is 4.90 Å². The van der Waals surface area contributed by atoms with E-state index in [9.17, 15) is 9.59 Å². The summed E-state index contributed by atoms with van der Waals surface area (Å²) in [4.78, 5) is 24.9. The molecule has 0 radical (unpaired) electrons. The van der Waals surface area contributed by atoms with E-state index >= 15 is 0 Å². The quantitative estimate of drug-likeness (QED) is 0.896. The summed E-state index contributed by atoms with van der Waals surface area (Å²) < 4.78 is 5.43. The molecule has 1 fully saturated rings. The molecule has 5 heteroatoms. The lowest BCUT2D eigenvalue weighted by Crippen LogP contribution is -2.30. The van der Waals surface area contributed by atoms with Gasteiger partial charge < -0.3 is 14.7 Å². The number of carbonyl (C=O) groups is 2. The second kappa shape index (κ2) is 5.73. The zero-order chi connectivity index (χ0) is 13.8. The van der Waals surface area contributed by atoms with Crippen molar-refractivity contribution in [3.05, 3.63) is 29.8 Å². The summed E-state index contributed by atoms with van der Waals surface area (Å²) in [6, 6.07) is 7.05. The molecule has 0 bridgehead atoms. The first-order chi connectivity index (χ1) is 9.13. The molecule has 1 aliphatic rings. The van der Waals surface area contributed by atoms with Gasteiger partial charge >= 0.3 is 5.97 Å². The zero-order valence-electron chi connectivity index (χ0n) is 10.8. The van der Waals surface area contributed by atoms with Crippen LogP contribution in [0.5, 0.6) is 5.75 Å². The van der Waals surface area contributed by atoms with Crippen LogP contribution in [-0.4, -0.2) is 41.6 Å². The SMILES string of the molecule is CCOc1ccccc1C(=O)N1CCC(C(=O)O)C1. The van der Waals surface area contributed by atoms with E-state index < -0.39 is 11.9 Å². The number of aliphatic carboxylic acids is 1. The van der Waals surface area contributed by atoms with Gasteiger partial charge in [-0.05, 0) is 25.5 Å². The number of rotatable bonds is 4. The number of amides is 1. The third-order valence-corrected chi connectivity index (χ3v) is 3.24. The van der Waals surface area contributed by atoms with Crippen LogP contribution in [0.15, 0.2) is 24.3 Å². The maximum atomic E-state index is 12.4. The summed E-state index contributed by atoms with van der Waals surface area (Å²) in [5.41, 5.74) is 0.496. The lowest BCUT2D eigenvalue weighted by atomic mass is 10.1. The summed E-state index contributed by atoms with van der Waals surface area (Å²) in [5, 5.41) is 8.96. The van der Waals surface area contributed by atoms with Gasteiger partial charge in [0.25, 0.3) is 5.91 Å². The van der Waals surface area contributed by atoms with Gasteiger partial charge in [-0.25, -0.2) is 0 Å². The summed E-state index contributed by atoms with van der Waals surface area (Å²) in [7, 11) is 0. The van der Waals surface area contributed by atoms with E-state index in [0.29, 0.717) is 30.9 Å². The average Bonchev–Trinajstić information content (AvgIpc) is 2.89. The van der Waals surface area contributed by atoms with Gasteiger partial charge in [0.05, 0.1) is 18.1 Å². The van der Waals surface area contributed by atoms with Crippen LogP contribution < -0.4 is 4.74 Å². The Bertz CT molecular complexity index is 486. The largest absolute Gasteiger partial charge is 0.493 e. The van der Waals surface area contributed by atoms with Crippen LogP contribution >= 0.6 is 0 Å². The lowest BCUT2D eigenvalue weighted by molar-refractivity contribution is -0.141. The molecule has 0 aromatic heterocycles. The fourth-order valence-corrected chi connectivity index (χ4v) is 2.24. The lowest BCUT2D eigenvalue weighted by Gasteiger charge is -2.17. The average molecular weight is 263 g/mol. The van der Waals surface area contributed by atoms with Gasteiger partial charge in [0.1, 0.15) is 5.75 Å². The molecule has 1 saturated heterocycles. The first-order valence-corrected chi connectivity index (χ1v) is 6.37. The highest BCUT2D eigenvalue weighted by atomic mass is 16.5. The predicted octanol–water partition coefficient (Wildman–Crippen LogP) is 1.63. The number of carboxylic acids is 1. The minimum Gasteiger partial charge on any atom is -0.493 e. The molecule has 102 valence electrons. The maximum absolute atomic E-state index is 12.4. The normalized spacial score (nSPS) is 18.4. The molecule has 1 amide bonds. The van der Waals surface area contributed by atoms with Crippen LogP contribution in [0.2, 0.25) is 0 Å². The third kappa shape index (κ3) is 2.86. The molecular formula is C14H17NO4. The second-order valence-electron chi connectivity index (χ2n) is 4.50. The van der Waals surface area contributed by atoms with Gasteiger partial charge in [0.2, 0.25) is 0 Å². The van der Waals surface area contributed by atoms with Crippen LogP contribution in [0.1, 0.15) is 23.7 Å². The Morgan fingerprint density at radius 1 is 1.42 bits per heavy atom. The van der Waals surface area contributed by atoms with E-state index in [2.05, 4.69) is 0 Å². The van der Waals surface area contributed by atoms with E-state index in [0.717, 1.165) is 0 Å². The van der Waals surface area contributed by atoms with E-state index in [1.54, 1.807) is 23.1 Å². The van der Waals surface area contributed by atoms with E-state index in [4.69, 9.17) is 9.84 Å². The number of ether oxygens (including phenoxy) is 1. The smallest absolute Gasteiger partial charge is 0.308 e. The first kappa shape index (κ1) is 13.4. The number of nitrogens with zero attached hydrogens (tertiary/aromatic N) is 1. The Morgan fingerprint density at radius 2 is 2.16 bits per heavy atom. The highest BCUT2D eigenvalue weighted by Crippen LogP contribution is 2.24. The number of para-hydroxylation sites is 1. The van der Waals surface area contributed by atoms with Crippen molar-refractivity contribution in [2.45, 2.75) is 13.3 Å². The maximum Gasteiger partial charge on any atom is 0.308 e. The summed E-state index contributed by atoms with van der Waals surface area (Å²) >= 11 is 0. The minimum absolute atomic E-state index is 0.159. The van der Waals surface area contributed by atoms with Crippen LogP contribution in [0.25, 0.3) is 0 Å². The Balaban J connectivity index is 2.14. The Kier molecular flexibility index (Phi) is 4.04. The molecule has 0 spiro atoms. The monoisotopic (exact) mass is 263 g/mol. The fourth-order valence-electron chi connectivity index (χ4n) is 2.24. The van der Waals surface area contributed by atoms with Crippen molar-refractivity contribution in [3.8, 4) is 5.75 Å². The third-order valence-electron chi connectivity index (χ3n) is 3.24. The number of benzene rings is 1. The van der Waals surface area contributed by atoms with Gasteiger partial charge in [0.15, 0.2) is 0 Å². The van der Waals surface area contributed by atoms with Crippen molar-refractivity contribution in [2.75, 3.05) is 19.7 Å². The summed E-state index contributed by atoms with van der Waals surface area (Å²) in [6.45, 7) is 3.10. The van der Waals surface area contributed by atoms with E-state index in [-0.39, 0.29) is 12.5 Å². The van der Waals surface area contributed by atoms with Gasteiger partial charge in [-0.2, -0.15) is 0 Å². The molecule has 1 N–H and O–H groups in total. The van der Waals surface area contributed by atoms with Gasteiger partial charge in [0, 0.05) is 13.1 Å². The number of hydrogen-bond acceptors (Lipinski definition) is 3. The molecule has 19 heavy (non-hydrogen) atoms. The number of carbonyl (C=O) groups excluding carboxylic acids is 1. The number of likely N-dealkylation sites (tertiary alicyclic amines) is 1. The van der Waals surface area contributed by atoms with Crippen molar-refractivity contribution in [3.63, 3.8) is 0 Å². The molecule has 1 unspecified atom stereocenters. The highest BCUT2D eigenvalue weighted by molar-refractivity contribution is 5.97. The zero-order valence-corrected chi connectivity index (χ0v) is 10.8. The molecule has 0 aliphatic carbocycles. The Hall–Kier alpha value is -2.04.